The van der Waals surface area contributed by atoms with E-state index in [1.54, 1.807) is 29.2 Å². The van der Waals surface area contributed by atoms with Crippen molar-refractivity contribution in [3.8, 4) is 11.5 Å². The van der Waals surface area contributed by atoms with Crippen molar-refractivity contribution >= 4 is 29.1 Å². The van der Waals surface area contributed by atoms with Crippen LogP contribution in [0.25, 0.3) is 0 Å². The highest BCUT2D eigenvalue weighted by Crippen LogP contribution is 2.48. The number of nitrogens with zero attached hydrogens (tertiary/aromatic N) is 4. The summed E-state index contributed by atoms with van der Waals surface area (Å²) in [4.78, 5) is 45.8. The number of piperidine rings is 2. The Morgan fingerprint density at radius 1 is 0.754 bits per heavy atom. The number of rotatable bonds is 7. The first-order chi connectivity index (χ1) is 27.6. The lowest BCUT2D eigenvalue weighted by molar-refractivity contribution is -0.136. The van der Waals surface area contributed by atoms with Gasteiger partial charge < -0.3 is 24.5 Å². The molecule has 0 aromatic heterocycles. The van der Waals surface area contributed by atoms with Crippen LogP contribution in [-0.2, 0) is 16.1 Å². The number of phenols is 1. The lowest BCUT2D eigenvalue weighted by atomic mass is 9.75. The summed E-state index contributed by atoms with van der Waals surface area (Å²) >= 11 is 0. The van der Waals surface area contributed by atoms with Gasteiger partial charge in [0.15, 0.2) is 11.6 Å². The van der Waals surface area contributed by atoms with Gasteiger partial charge in [0, 0.05) is 93.5 Å². The number of piperazine rings is 1. The Labute approximate surface area is 328 Å². The average molecular weight is 780 g/mol. The van der Waals surface area contributed by atoms with Gasteiger partial charge in [-0.2, -0.15) is 0 Å². The van der Waals surface area contributed by atoms with Crippen LogP contribution in [0.3, 0.4) is 0 Å². The minimum absolute atomic E-state index is 0.0448. The van der Waals surface area contributed by atoms with Crippen molar-refractivity contribution in [3.63, 3.8) is 0 Å². The van der Waals surface area contributed by atoms with E-state index in [-0.39, 0.29) is 36.4 Å². The summed E-state index contributed by atoms with van der Waals surface area (Å²) in [6.07, 6.45) is 2.46. The number of aromatic hydroxyl groups is 1. The minimum atomic E-state index is -0.952. The molecule has 3 saturated heterocycles. The number of amides is 3. The monoisotopic (exact) mass is 779 g/mol. The second kappa shape index (κ2) is 15.1. The van der Waals surface area contributed by atoms with Crippen molar-refractivity contribution in [1.82, 2.24) is 15.1 Å². The quantitative estimate of drug-likeness (QED) is 0.223. The van der Waals surface area contributed by atoms with Gasteiger partial charge in [0.1, 0.15) is 23.4 Å². The molecular formula is C44H44F3N5O5. The van der Waals surface area contributed by atoms with Gasteiger partial charge in [-0.25, -0.2) is 13.2 Å². The first-order valence-corrected chi connectivity index (χ1v) is 19.8. The Morgan fingerprint density at radius 2 is 1.53 bits per heavy atom. The molecule has 5 aliphatic rings. The summed E-state index contributed by atoms with van der Waals surface area (Å²) < 4.78 is 50.2. The summed E-state index contributed by atoms with van der Waals surface area (Å²) in [7, 11) is 0. The molecule has 0 spiro atoms. The standard InChI is InChI=1S/C44H44F3N5O5/c45-35-7-1-27(20-36(35)46)34-25-57-40-22-31(53)4-6-33(40)42(34)28-2-8-38(37(47)21-28)51-13-11-26(12-14-51)23-49-15-17-50(18-16-49)30-3-5-32-29(19-30)24-52(44(32)56)39-9-10-41(54)48-43(39)55/h1-8,19-22,26,34,39,42,53H,9-18,23-25H2,(H,48,54,55). The number of carbonyl (C=O) groups is 3. The maximum absolute atomic E-state index is 16.1. The third kappa shape index (κ3) is 7.17. The van der Waals surface area contributed by atoms with E-state index < -0.39 is 35.4 Å². The first-order valence-electron chi connectivity index (χ1n) is 19.8. The highest BCUT2D eigenvalue weighted by atomic mass is 19.2. The van der Waals surface area contributed by atoms with E-state index in [0.717, 1.165) is 81.5 Å². The van der Waals surface area contributed by atoms with E-state index in [1.807, 2.05) is 24.3 Å². The predicted molar refractivity (Wildman–Crippen MR) is 207 cm³/mol. The first kappa shape index (κ1) is 37.0. The third-order valence-corrected chi connectivity index (χ3v) is 12.6. The Hall–Kier alpha value is -5.56. The number of nitrogens with one attached hydrogen (secondary N) is 1. The molecule has 57 heavy (non-hydrogen) atoms. The van der Waals surface area contributed by atoms with Crippen LogP contribution in [0.4, 0.5) is 24.5 Å². The largest absolute Gasteiger partial charge is 0.508 e. The van der Waals surface area contributed by atoms with E-state index in [4.69, 9.17) is 4.74 Å². The highest BCUT2D eigenvalue weighted by Gasteiger charge is 2.40. The number of halogens is 3. The molecule has 3 atom stereocenters. The molecule has 3 fully saturated rings. The molecule has 2 N–H and O–H groups in total. The maximum Gasteiger partial charge on any atom is 0.255 e. The zero-order chi connectivity index (χ0) is 39.4. The molecule has 5 aliphatic heterocycles. The number of ether oxygens (including phenoxy) is 1. The normalized spacial score (nSPS) is 23.0. The Morgan fingerprint density at radius 3 is 2.28 bits per heavy atom. The zero-order valence-electron chi connectivity index (χ0n) is 31.4. The fourth-order valence-electron chi connectivity index (χ4n) is 9.48. The lowest BCUT2D eigenvalue weighted by Crippen LogP contribution is -2.52. The molecule has 0 aliphatic carbocycles. The van der Waals surface area contributed by atoms with Gasteiger partial charge >= 0.3 is 0 Å². The van der Waals surface area contributed by atoms with Gasteiger partial charge in [-0.1, -0.05) is 18.2 Å². The van der Waals surface area contributed by atoms with Gasteiger partial charge in [-0.15, -0.1) is 0 Å². The molecule has 0 saturated carbocycles. The zero-order valence-corrected chi connectivity index (χ0v) is 31.4. The van der Waals surface area contributed by atoms with Crippen LogP contribution < -0.4 is 19.9 Å². The van der Waals surface area contributed by atoms with E-state index in [1.165, 1.54) is 12.1 Å². The van der Waals surface area contributed by atoms with Crippen LogP contribution in [0.2, 0.25) is 0 Å². The van der Waals surface area contributed by atoms with E-state index >= 15 is 4.39 Å². The molecular weight excluding hydrogens is 736 g/mol. The SMILES string of the molecule is O=C1CCC(N2Cc3cc(N4CCN(CC5CCN(c6ccc(C7c8ccc(O)cc8OCC7c7ccc(F)c(F)c7)cc6F)CC5)CC4)ccc3C2=O)C(=O)N1. The molecule has 13 heteroatoms. The van der Waals surface area contributed by atoms with Crippen molar-refractivity contribution in [2.24, 2.45) is 5.92 Å². The number of benzene rings is 4. The van der Waals surface area contributed by atoms with E-state index in [0.29, 0.717) is 47.0 Å². The smallest absolute Gasteiger partial charge is 0.255 e. The molecule has 5 heterocycles. The van der Waals surface area contributed by atoms with Gasteiger partial charge in [0.05, 0.1) is 12.3 Å². The number of anilines is 2. The highest BCUT2D eigenvalue weighted by molar-refractivity contribution is 6.05. The van der Waals surface area contributed by atoms with E-state index in [2.05, 4.69) is 26.1 Å². The van der Waals surface area contributed by atoms with Gasteiger partial charge in [-0.3, -0.25) is 24.6 Å². The van der Waals surface area contributed by atoms with Crippen molar-refractivity contribution in [3.05, 3.63) is 118 Å². The van der Waals surface area contributed by atoms with Crippen LogP contribution in [-0.4, -0.2) is 91.1 Å². The second-order valence-corrected chi connectivity index (χ2v) is 16.0. The van der Waals surface area contributed by atoms with Gasteiger partial charge in [0.25, 0.3) is 5.91 Å². The lowest BCUT2D eigenvalue weighted by Gasteiger charge is -2.40. The number of hydrogen-bond acceptors (Lipinski definition) is 8. The molecule has 9 rings (SSSR count). The van der Waals surface area contributed by atoms with Gasteiger partial charge in [-0.05, 0) is 90.4 Å². The van der Waals surface area contributed by atoms with Crippen molar-refractivity contribution in [2.45, 2.75) is 50.1 Å². The Kier molecular flexibility index (Phi) is 9.80. The molecule has 10 nitrogen and oxygen atoms in total. The molecule has 4 aromatic rings. The summed E-state index contributed by atoms with van der Waals surface area (Å²) in [5, 5.41) is 12.5. The Bertz CT molecular complexity index is 2240. The number of carbonyl (C=O) groups excluding carboxylic acids is 3. The maximum atomic E-state index is 16.1. The Balaban J connectivity index is 0.803. The van der Waals surface area contributed by atoms with Crippen LogP contribution >= 0.6 is 0 Å². The number of imide groups is 1. The van der Waals surface area contributed by atoms with Crippen LogP contribution in [0.15, 0.2) is 72.8 Å². The molecule has 0 radical (unpaired) electrons. The van der Waals surface area contributed by atoms with Crippen molar-refractivity contribution in [1.29, 1.82) is 0 Å². The second-order valence-electron chi connectivity index (χ2n) is 16.0. The van der Waals surface area contributed by atoms with Crippen molar-refractivity contribution < 1.29 is 37.4 Å². The molecule has 3 unspecified atom stereocenters. The summed E-state index contributed by atoms with van der Waals surface area (Å²) in [6, 6.07) is 19.2. The van der Waals surface area contributed by atoms with Crippen molar-refractivity contribution in [2.75, 3.05) is 62.2 Å². The van der Waals surface area contributed by atoms with Crippen LogP contribution in [0, 0.1) is 23.4 Å². The van der Waals surface area contributed by atoms with Crippen LogP contribution in [0.5, 0.6) is 11.5 Å². The molecule has 0 bridgehead atoms. The van der Waals surface area contributed by atoms with Gasteiger partial charge in [0.2, 0.25) is 11.8 Å². The topological polar surface area (TPSA) is 106 Å². The number of phenolic OH excluding ortho intramolecular Hbond substituents is 1. The number of fused-ring (bicyclic) bond motifs is 2. The fourth-order valence-corrected chi connectivity index (χ4v) is 9.48. The van der Waals surface area contributed by atoms with E-state index in [9.17, 15) is 28.3 Å². The third-order valence-electron chi connectivity index (χ3n) is 12.6. The average Bonchev–Trinajstić information content (AvgIpc) is 3.53. The minimum Gasteiger partial charge on any atom is -0.508 e. The summed E-state index contributed by atoms with van der Waals surface area (Å²) in [5.74, 6) is -2.89. The number of hydrogen-bond donors (Lipinski definition) is 2. The van der Waals surface area contributed by atoms with Crippen LogP contribution in [0.1, 0.15) is 70.1 Å². The summed E-state index contributed by atoms with van der Waals surface area (Å²) in [5.41, 5.74) is 5.11. The molecule has 296 valence electrons. The fraction of sp³-hybridized carbons (Fsp3) is 0.386. The predicted octanol–water partition coefficient (Wildman–Crippen LogP) is 5.92. The molecule has 3 amide bonds. The summed E-state index contributed by atoms with van der Waals surface area (Å²) in [6.45, 7) is 6.50. The molecule has 4 aromatic carbocycles.